The van der Waals surface area contributed by atoms with Gasteiger partial charge in [0.05, 0.1) is 20.1 Å². The maximum absolute atomic E-state index is 13.8. The average molecular weight is 496 g/mol. The molecule has 3 atom stereocenters. The van der Waals surface area contributed by atoms with Crippen LogP contribution in [0.5, 0.6) is 11.5 Å². The number of Topliss-reactive ketones (excluding diaryl/α,β-unsaturated/α-hetero) is 1. The molecule has 7 nitrogen and oxygen atoms in total. The Morgan fingerprint density at radius 3 is 2.38 bits per heavy atom. The van der Waals surface area contributed by atoms with Crippen LogP contribution in [0.25, 0.3) is 0 Å². The van der Waals surface area contributed by atoms with Crippen molar-refractivity contribution in [1.29, 1.82) is 0 Å². The van der Waals surface area contributed by atoms with Gasteiger partial charge in [0.1, 0.15) is 23.1 Å². The van der Waals surface area contributed by atoms with E-state index < -0.39 is 11.8 Å². The lowest BCUT2D eigenvalue weighted by Gasteiger charge is -2.38. The lowest BCUT2D eigenvalue weighted by molar-refractivity contribution is -0.122. The van der Waals surface area contributed by atoms with Crippen LogP contribution in [0.4, 0.5) is 5.82 Å². The second-order valence-corrected chi connectivity index (χ2v) is 9.35. The number of pyridine rings is 1. The zero-order chi connectivity index (χ0) is 25.9. The summed E-state index contributed by atoms with van der Waals surface area (Å²) in [4.78, 5) is 36.5. The summed E-state index contributed by atoms with van der Waals surface area (Å²) in [6, 6.07) is 20.8. The highest BCUT2D eigenvalue weighted by atomic mass is 16.5. The topological polar surface area (TPSA) is 89.9 Å². The number of ether oxygens (including phenoxy) is 2. The van der Waals surface area contributed by atoms with Crippen molar-refractivity contribution in [2.24, 2.45) is 10.9 Å². The normalized spacial score (nSPS) is 21.1. The van der Waals surface area contributed by atoms with Gasteiger partial charge in [-0.15, -0.1) is 0 Å². The molecule has 0 bridgehead atoms. The van der Waals surface area contributed by atoms with Crippen LogP contribution < -0.4 is 14.8 Å². The number of nitrogens with one attached hydrogen (secondary N) is 1. The van der Waals surface area contributed by atoms with E-state index in [1.165, 1.54) is 0 Å². The second kappa shape index (κ2) is 10.4. The SMILES string of the molecule is COc1ccc(C2CC(=O)C3C(=NC(C)=C(C(=O)Nc4ccccn4)C3c3cccc(OC)c3)C2)cc1. The first-order chi connectivity index (χ1) is 18.0. The molecule has 3 unspecified atom stereocenters. The molecule has 2 heterocycles. The van der Waals surface area contributed by atoms with Gasteiger partial charge in [-0.3, -0.25) is 14.6 Å². The number of carbonyl (C=O) groups is 2. The molecule has 2 aliphatic rings. The van der Waals surface area contributed by atoms with E-state index in [1.807, 2.05) is 61.5 Å². The minimum Gasteiger partial charge on any atom is -0.497 e. The zero-order valence-electron chi connectivity index (χ0n) is 21.1. The van der Waals surface area contributed by atoms with Crippen LogP contribution in [0.15, 0.2) is 89.2 Å². The lowest BCUT2D eigenvalue weighted by atomic mass is 9.66. The van der Waals surface area contributed by atoms with Crippen molar-refractivity contribution in [2.45, 2.75) is 31.6 Å². The molecule has 1 fully saturated rings. The first-order valence-corrected chi connectivity index (χ1v) is 12.3. The monoisotopic (exact) mass is 495 g/mol. The number of aromatic nitrogens is 1. The van der Waals surface area contributed by atoms with E-state index in [2.05, 4.69) is 10.3 Å². The summed E-state index contributed by atoms with van der Waals surface area (Å²) in [5.74, 6) is 0.691. The second-order valence-electron chi connectivity index (χ2n) is 9.35. The van der Waals surface area contributed by atoms with Crippen LogP contribution in [0.3, 0.4) is 0 Å². The summed E-state index contributed by atoms with van der Waals surface area (Å²) < 4.78 is 10.8. The van der Waals surface area contributed by atoms with Crippen LogP contribution in [0, 0.1) is 5.92 Å². The fourth-order valence-electron chi connectivity index (χ4n) is 5.40. The molecular formula is C30H29N3O4. The Morgan fingerprint density at radius 1 is 0.892 bits per heavy atom. The van der Waals surface area contributed by atoms with Crippen molar-refractivity contribution in [1.82, 2.24) is 4.98 Å². The van der Waals surface area contributed by atoms with E-state index in [-0.39, 0.29) is 17.6 Å². The quantitative estimate of drug-likeness (QED) is 0.500. The van der Waals surface area contributed by atoms with Gasteiger partial charge < -0.3 is 14.8 Å². The molecule has 1 aliphatic carbocycles. The van der Waals surface area contributed by atoms with Crippen molar-refractivity contribution in [3.63, 3.8) is 0 Å². The zero-order valence-corrected chi connectivity index (χ0v) is 21.1. The molecule has 2 aromatic carbocycles. The van der Waals surface area contributed by atoms with Gasteiger partial charge in [0.15, 0.2) is 0 Å². The fourth-order valence-corrected chi connectivity index (χ4v) is 5.40. The van der Waals surface area contributed by atoms with Crippen molar-refractivity contribution < 1.29 is 19.1 Å². The van der Waals surface area contributed by atoms with E-state index in [0.29, 0.717) is 35.7 Å². The van der Waals surface area contributed by atoms with E-state index in [9.17, 15) is 9.59 Å². The number of amides is 1. The number of hydrogen-bond acceptors (Lipinski definition) is 6. The number of ketones is 1. The number of rotatable bonds is 6. The highest BCUT2D eigenvalue weighted by Crippen LogP contribution is 2.46. The van der Waals surface area contributed by atoms with Crippen molar-refractivity contribution in [3.05, 3.63) is 95.3 Å². The third-order valence-corrected chi connectivity index (χ3v) is 7.15. The van der Waals surface area contributed by atoms with Gasteiger partial charge in [-0.25, -0.2) is 4.98 Å². The molecule has 7 heteroatoms. The minimum absolute atomic E-state index is 0.0241. The largest absolute Gasteiger partial charge is 0.497 e. The molecule has 1 amide bonds. The number of allylic oxidation sites excluding steroid dienone is 1. The maximum Gasteiger partial charge on any atom is 0.255 e. The number of methoxy groups -OCH3 is 2. The molecule has 1 aliphatic heterocycles. The lowest BCUT2D eigenvalue weighted by Crippen LogP contribution is -2.41. The Labute approximate surface area is 216 Å². The third kappa shape index (κ3) is 4.89. The summed E-state index contributed by atoms with van der Waals surface area (Å²) in [5, 5.41) is 2.89. The smallest absolute Gasteiger partial charge is 0.255 e. The molecule has 1 saturated carbocycles. The van der Waals surface area contributed by atoms with Gasteiger partial charge in [-0.05, 0) is 66.8 Å². The molecule has 0 saturated heterocycles. The number of nitrogens with zero attached hydrogens (tertiary/aromatic N) is 2. The van der Waals surface area contributed by atoms with Crippen molar-refractivity contribution >= 4 is 23.2 Å². The highest BCUT2D eigenvalue weighted by Gasteiger charge is 2.45. The number of hydrogen-bond donors (Lipinski definition) is 1. The van der Waals surface area contributed by atoms with E-state index in [0.717, 1.165) is 22.6 Å². The number of benzene rings is 2. The summed E-state index contributed by atoms with van der Waals surface area (Å²) in [5.41, 5.74) is 3.82. The number of anilines is 1. The summed E-state index contributed by atoms with van der Waals surface area (Å²) in [6.07, 6.45) is 2.65. The van der Waals surface area contributed by atoms with Gasteiger partial charge in [0.2, 0.25) is 0 Å². The molecule has 0 spiro atoms. The number of aliphatic imine (C=N–C) groups is 1. The fraction of sp³-hybridized carbons (Fsp3) is 0.267. The van der Waals surface area contributed by atoms with Gasteiger partial charge in [-0.2, -0.15) is 0 Å². The maximum atomic E-state index is 13.8. The van der Waals surface area contributed by atoms with Crippen LogP contribution in [0.1, 0.15) is 42.7 Å². The molecular weight excluding hydrogens is 466 g/mol. The van der Waals surface area contributed by atoms with Gasteiger partial charge in [0, 0.05) is 35.5 Å². The predicted octanol–water partition coefficient (Wildman–Crippen LogP) is 5.31. The van der Waals surface area contributed by atoms with Gasteiger partial charge in [0.25, 0.3) is 5.91 Å². The summed E-state index contributed by atoms with van der Waals surface area (Å²) >= 11 is 0. The van der Waals surface area contributed by atoms with Crippen LogP contribution in [-0.4, -0.2) is 36.6 Å². The molecule has 1 N–H and O–H groups in total. The Balaban J connectivity index is 1.56. The van der Waals surface area contributed by atoms with Crippen LogP contribution in [-0.2, 0) is 9.59 Å². The van der Waals surface area contributed by atoms with E-state index in [1.54, 1.807) is 32.5 Å². The average Bonchev–Trinajstić information content (AvgIpc) is 2.92. The molecule has 188 valence electrons. The summed E-state index contributed by atoms with van der Waals surface area (Å²) in [6.45, 7) is 1.84. The standard InChI is InChI=1S/C30H29N3O4/c1-18-27(30(35)33-26-9-4-5-14-31-26)28(20-7-6-8-23(15-20)37-3)29-24(32-18)16-21(17-25(29)34)19-10-12-22(36-2)13-11-19/h4-15,21,28-29H,16-17H2,1-3H3,(H,31,33,35). The minimum atomic E-state index is -0.519. The predicted molar refractivity (Wildman–Crippen MR) is 142 cm³/mol. The molecule has 5 rings (SSSR count). The Kier molecular flexibility index (Phi) is 6.86. The number of fused-ring (bicyclic) bond motifs is 1. The van der Waals surface area contributed by atoms with E-state index >= 15 is 0 Å². The molecule has 0 radical (unpaired) electrons. The Hall–Kier alpha value is -4.26. The van der Waals surface area contributed by atoms with Gasteiger partial charge in [-0.1, -0.05) is 30.3 Å². The Morgan fingerprint density at radius 2 is 1.68 bits per heavy atom. The third-order valence-electron chi connectivity index (χ3n) is 7.15. The Bertz CT molecular complexity index is 1380. The highest BCUT2D eigenvalue weighted by molar-refractivity contribution is 6.14. The first-order valence-electron chi connectivity index (χ1n) is 12.3. The first kappa shape index (κ1) is 24.4. The number of carbonyl (C=O) groups excluding carboxylic acids is 2. The van der Waals surface area contributed by atoms with Crippen LogP contribution >= 0.6 is 0 Å². The van der Waals surface area contributed by atoms with Crippen LogP contribution in [0.2, 0.25) is 0 Å². The van der Waals surface area contributed by atoms with Gasteiger partial charge >= 0.3 is 0 Å². The molecule has 37 heavy (non-hydrogen) atoms. The summed E-state index contributed by atoms with van der Waals surface area (Å²) in [7, 11) is 3.24. The van der Waals surface area contributed by atoms with E-state index in [4.69, 9.17) is 14.5 Å². The van der Waals surface area contributed by atoms with Crippen molar-refractivity contribution in [2.75, 3.05) is 19.5 Å². The molecule has 3 aromatic rings. The molecule has 1 aromatic heterocycles. The van der Waals surface area contributed by atoms with Crippen molar-refractivity contribution in [3.8, 4) is 11.5 Å².